The number of nitrogen functional groups attached to an aromatic ring is 1. The highest BCUT2D eigenvalue weighted by atomic mass is 32.1. The first-order chi connectivity index (χ1) is 7.75. The molecule has 2 aromatic heterocycles. The molecule has 0 aromatic carbocycles. The van der Waals surface area contributed by atoms with Gasteiger partial charge in [-0.1, -0.05) is 0 Å². The predicted octanol–water partition coefficient (Wildman–Crippen LogP) is 1.05. The van der Waals surface area contributed by atoms with Gasteiger partial charge in [-0.2, -0.15) is 11.3 Å². The lowest BCUT2D eigenvalue weighted by Crippen LogP contribution is -2.24. The van der Waals surface area contributed by atoms with Crippen LogP contribution in [0.15, 0.2) is 29.2 Å². The van der Waals surface area contributed by atoms with Crippen LogP contribution in [0.1, 0.15) is 16.1 Å². The zero-order valence-electron chi connectivity index (χ0n) is 8.38. The number of carbonyl (C=O) groups excluding carboxylic acids is 1. The number of hydrogen-bond acceptors (Lipinski definition) is 5. The third kappa shape index (κ3) is 2.54. The van der Waals surface area contributed by atoms with E-state index in [9.17, 15) is 4.79 Å². The van der Waals surface area contributed by atoms with Crippen molar-refractivity contribution in [1.29, 1.82) is 0 Å². The Morgan fingerprint density at radius 3 is 3.06 bits per heavy atom. The van der Waals surface area contributed by atoms with Crippen LogP contribution in [0.2, 0.25) is 0 Å². The molecule has 1 amide bonds. The van der Waals surface area contributed by atoms with Crippen LogP contribution in [0, 0.1) is 0 Å². The van der Waals surface area contributed by atoms with Crippen molar-refractivity contribution >= 4 is 23.1 Å². The topological polar surface area (TPSA) is 80.9 Å². The number of carbonyl (C=O) groups is 1. The maximum absolute atomic E-state index is 11.6. The molecule has 0 fully saturated rings. The second kappa shape index (κ2) is 4.71. The van der Waals surface area contributed by atoms with Crippen LogP contribution in [-0.4, -0.2) is 15.9 Å². The highest BCUT2D eigenvalue weighted by molar-refractivity contribution is 7.07. The number of thiophene rings is 1. The molecule has 0 saturated carbocycles. The van der Waals surface area contributed by atoms with E-state index in [1.54, 1.807) is 11.3 Å². The first-order valence-corrected chi connectivity index (χ1v) is 5.57. The SMILES string of the molecule is Nc1cncc(C(=O)NCc2ccsc2)n1. The molecular weight excluding hydrogens is 224 g/mol. The van der Waals surface area contributed by atoms with Crippen LogP contribution in [0.5, 0.6) is 0 Å². The van der Waals surface area contributed by atoms with Crippen molar-refractivity contribution in [2.75, 3.05) is 5.73 Å². The Bertz CT molecular complexity index is 483. The summed E-state index contributed by atoms with van der Waals surface area (Å²) in [7, 11) is 0. The summed E-state index contributed by atoms with van der Waals surface area (Å²) in [6, 6.07) is 1.95. The van der Waals surface area contributed by atoms with Gasteiger partial charge in [0, 0.05) is 6.54 Å². The molecule has 5 nitrogen and oxygen atoms in total. The van der Waals surface area contributed by atoms with Gasteiger partial charge in [0.25, 0.3) is 5.91 Å². The largest absolute Gasteiger partial charge is 0.382 e. The van der Waals surface area contributed by atoms with Gasteiger partial charge in [0.1, 0.15) is 11.5 Å². The molecular formula is C10H10N4OS. The molecule has 2 rings (SSSR count). The van der Waals surface area contributed by atoms with Crippen LogP contribution < -0.4 is 11.1 Å². The maximum atomic E-state index is 11.6. The number of rotatable bonds is 3. The zero-order chi connectivity index (χ0) is 11.4. The highest BCUT2D eigenvalue weighted by Crippen LogP contribution is 2.05. The van der Waals surface area contributed by atoms with Gasteiger partial charge in [0.05, 0.1) is 12.4 Å². The van der Waals surface area contributed by atoms with E-state index in [1.807, 2.05) is 16.8 Å². The molecule has 2 aromatic rings. The lowest BCUT2D eigenvalue weighted by molar-refractivity contribution is 0.0945. The number of nitrogens with zero attached hydrogens (tertiary/aromatic N) is 2. The highest BCUT2D eigenvalue weighted by Gasteiger charge is 2.07. The standard InChI is InChI=1S/C10H10N4OS/c11-9-5-12-4-8(14-9)10(15)13-3-7-1-2-16-6-7/h1-2,4-6H,3H2,(H2,11,14)(H,13,15). The second-order valence-electron chi connectivity index (χ2n) is 3.14. The summed E-state index contributed by atoms with van der Waals surface area (Å²) in [4.78, 5) is 19.3. The third-order valence-electron chi connectivity index (χ3n) is 1.92. The Morgan fingerprint density at radius 1 is 1.50 bits per heavy atom. The van der Waals surface area contributed by atoms with E-state index >= 15 is 0 Å². The predicted molar refractivity (Wildman–Crippen MR) is 61.9 cm³/mol. The number of aromatic nitrogens is 2. The number of nitrogens with two attached hydrogens (primary N) is 1. The monoisotopic (exact) mass is 234 g/mol. The van der Waals surface area contributed by atoms with Gasteiger partial charge in [-0.05, 0) is 22.4 Å². The van der Waals surface area contributed by atoms with Gasteiger partial charge < -0.3 is 11.1 Å². The van der Waals surface area contributed by atoms with Gasteiger partial charge in [-0.25, -0.2) is 4.98 Å². The van der Waals surface area contributed by atoms with Gasteiger partial charge in [-0.3, -0.25) is 9.78 Å². The fraction of sp³-hybridized carbons (Fsp3) is 0.100. The van der Waals surface area contributed by atoms with Crippen LogP contribution in [0.3, 0.4) is 0 Å². The van der Waals surface area contributed by atoms with Crippen LogP contribution in [0.25, 0.3) is 0 Å². The third-order valence-corrected chi connectivity index (χ3v) is 2.65. The van der Waals surface area contributed by atoms with E-state index in [0.717, 1.165) is 5.56 Å². The Labute approximate surface area is 96.3 Å². The van der Waals surface area contributed by atoms with E-state index in [0.29, 0.717) is 6.54 Å². The molecule has 0 spiro atoms. The molecule has 16 heavy (non-hydrogen) atoms. The van der Waals surface area contributed by atoms with Crippen molar-refractivity contribution in [2.45, 2.75) is 6.54 Å². The molecule has 3 N–H and O–H groups in total. The number of hydrogen-bond donors (Lipinski definition) is 2. The molecule has 82 valence electrons. The fourth-order valence-electron chi connectivity index (χ4n) is 1.16. The van der Waals surface area contributed by atoms with Crippen molar-refractivity contribution < 1.29 is 4.79 Å². The smallest absolute Gasteiger partial charge is 0.271 e. The normalized spacial score (nSPS) is 10.0. The Morgan fingerprint density at radius 2 is 2.38 bits per heavy atom. The van der Waals surface area contributed by atoms with Gasteiger partial charge in [-0.15, -0.1) is 0 Å². The summed E-state index contributed by atoms with van der Waals surface area (Å²) >= 11 is 1.59. The lowest BCUT2D eigenvalue weighted by atomic mass is 10.3. The first kappa shape index (κ1) is 10.6. The van der Waals surface area contributed by atoms with Crippen LogP contribution >= 0.6 is 11.3 Å². The van der Waals surface area contributed by atoms with Gasteiger partial charge >= 0.3 is 0 Å². The molecule has 0 saturated heterocycles. The molecule has 0 atom stereocenters. The van der Waals surface area contributed by atoms with E-state index in [2.05, 4.69) is 15.3 Å². The average molecular weight is 234 g/mol. The lowest BCUT2D eigenvalue weighted by Gasteiger charge is -2.02. The molecule has 0 aliphatic rings. The minimum atomic E-state index is -0.272. The molecule has 0 radical (unpaired) electrons. The Balaban J connectivity index is 1.98. The second-order valence-corrected chi connectivity index (χ2v) is 3.92. The van der Waals surface area contributed by atoms with Crippen molar-refractivity contribution in [3.8, 4) is 0 Å². The summed E-state index contributed by atoms with van der Waals surface area (Å²) in [5.74, 6) is -0.0332. The van der Waals surface area contributed by atoms with Gasteiger partial charge in [0.2, 0.25) is 0 Å². The number of nitrogens with one attached hydrogen (secondary N) is 1. The van der Waals surface area contributed by atoms with Crippen molar-refractivity contribution in [2.24, 2.45) is 0 Å². The minimum absolute atomic E-state index is 0.232. The van der Waals surface area contributed by atoms with Crippen molar-refractivity contribution in [3.63, 3.8) is 0 Å². The molecule has 0 aliphatic heterocycles. The summed E-state index contributed by atoms with van der Waals surface area (Å²) in [6.45, 7) is 0.485. The van der Waals surface area contributed by atoms with E-state index in [-0.39, 0.29) is 17.4 Å². The Hall–Kier alpha value is -1.95. The number of amides is 1. The Kier molecular flexibility index (Phi) is 3.11. The summed E-state index contributed by atoms with van der Waals surface area (Å²) < 4.78 is 0. The van der Waals surface area contributed by atoms with E-state index in [1.165, 1.54) is 12.4 Å². The number of anilines is 1. The van der Waals surface area contributed by atoms with Crippen LogP contribution in [-0.2, 0) is 6.54 Å². The van der Waals surface area contributed by atoms with Gasteiger partial charge in [0.15, 0.2) is 0 Å². The molecule has 0 aliphatic carbocycles. The van der Waals surface area contributed by atoms with E-state index < -0.39 is 0 Å². The summed E-state index contributed by atoms with van der Waals surface area (Å²) in [5.41, 5.74) is 6.73. The quantitative estimate of drug-likeness (QED) is 0.831. The molecule has 2 heterocycles. The fourth-order valence-corrected chi connectivity index (χ4v) is 1.83. The van der Waals surface area contributed by atoms with Crippen molar-refractivity contribution in [3.05, 3.63) is 40.5 Å². The first-order valence-electron chi connectivity index (χ1n) is 4.62. The average Bonchev–Trinajstić information content (AvgIpc) is 2.78. The summed E-state index contributed by atoms with van der Waals surface area (Å²) in [6.07, 6.45) is 2.79. The summed E-state index contributed by atoms with van der Waals surface area (Å²) in [5, 5.41) is 6.68. The van der Waals surface area contributed by atoms with E-state index in [4.69, 9.17) is 5.73 Å². The maximum Gasteiger partial charge on any atom is 0.271 e. The zero-order valence-corrected chi connectivity index (χ0v) is 9.20. The molecule has 6 heteroatoms. The molecule has 0 unspecified atom stereocenters. The molecule has 0 bridgehead atoms. The minimum Gasteiger partial charge on any atom is -0.382 e. The van der Waals surface area contributed by atoms with Crippen molar-refractivity contribution in [1.82, 2.24) is 15.3 Å². The van der Waals surface area contributed by atoms with Crippen LogP contribution in [0.4, 0.5) is 5.82 Å².